The van der Waals surface area contributed by atoms with E-state index in [2.05, 4.69) is 15.1 Å². The van der Waals surface area contributed by atoms with Gasteiger partial charge in [-0.15, -0.1) is 0 Å². The fourth-order valence-corrected chi connectivity index (χ4v) is 4.51. The number of nitrogens with zero attached hydrogens (tertiary/aromatic N) is 4. The third-order valence-electron chi connectivity index (χ3n) is 3.73. The highest BCUT2D eigenvalue weighted by Crippen LogP contribution is 2.26. The van der Waals surface area contributed by atoms with Gasteiger partial charge < -0.3 is 9.26 Å². The second-order valence-electron chi connectivity index (χ2n) is 5.44. The van der Waals surface area contributed by atoms with E-state index in [4.69, 9.17) is 9.26 Å². The van der Waals surface area contributed by atoms with E-state index in [0.717, 1.165) is 6.42 Å². The van der Waals surface area contributed by atoms with E-state index in [-0.39, 0.29) is 17.5 Å². The molecule has 0 amide bonds. The highest BCUT2D eigenvalue weighted by Gasteiger charge is 2.35. The van der Waals surface area contributed by atoms with Crippen molar-refractivity contribution in [3.05, 3.63) is 30.0 Å². The first kappa shape index (κ1) is 15.9. The molecule has 0 radical (unpaired) electrons. The number of rotatable bonds is 4. The maximum Gasteiger partial charge on any atom is 0.248 e. The van der Waals surface area contributed by atoms with Crippen molar-refractivity contribution in [2.24, 2.45) is 0 Å². The summed E-state index contributed by atoms with van der Waals surface area (Å²) in [6.45, 7) is 3.95. The number of hydrogen-bond donors (Lipinski definition) is 0. The first-order chi connectivity index (χ1) is 11.0. The molecular weight excluding hydrogens is 320 g/mol. The molecule has 8 nitrogen and oxygen atoms in total. The molecule has 1 fully saturated rings. The molecular formula is C14H18N4O4S. The zero-order valence-corrected chi connectivity index (χ0v) is 13.8. The highest BCUT2D eigenvalue weighted by molar-refractivity contribution is 7.89. The summed E-state index contributed by atoms with van der Waals surface area (Å²) < 4.78 is 37.8. The predicted octanol–water partition coefficient (Wildman–Crippen LogP) is 1.31. The van der Waals surface area contributed by atoms with Crippen LogP contribution in [0.1, 0.15) is 24.3 Å². The van der Waals surface area contributed by atoms with Crippen molar-refractivity contribution in [3.63, 3.8) is 0 Å². The molecule has 0 bridgehead atoms. The second kappa shape index (κ2) is 6.25. The zero-order valence-electron chi connectivity index (χ0n) is 13.0. The van der Waals surface area contributed by atoms with Crippen molar-refractivity contribution < 1.29 is 17.7 Å². The van der Waals surface area contributed by atoms with Gasteiger partial charge in [-0.1, -0.05) is 5.16 Å². The van der Waals surface area contributed by atoms with E-state index in [1.165, 1.54) is 16.7 Å². The predicted molar refractivity (Wildman–Crippen MR) is 80.4 cm³/mol. The van der Waals surface area contributed by atoms with E-state index >= 15 is 0 Å². The lowest BCUT2D eigenvalue weighted by molar-refractivity contribution is 0.124. The standard InChI is InChI=1S/C14H18N4O4S/c1-10-14(11(2)22-17-10)23(19,20)18-7-3-4-12(9-18)21-13-8-15-5-6-16-13/h5-6,8,12H,3-4,7,9H2,1-2H3. The summed E-state index contributed by atoms with van der Waals surface area (Å²) in [5.41, 5.74) is 0.375. The van der Waals surface area contributed by atoms with E-state index in [9.17, 15) is 8.42 Å². The Hall–Kier alpha value is -2.00. The molecule has 0 aliphatic carbocycles. The van der Waals surface area contributed by atoms with Crippen LogP contribution in [0.2, 0.25) is 0 Å². The van der Waals surface area contributed by atoms with Gasteiger partial charge in [-0.25, -0.2) is 13.4 Å². The second-order valence-corrected chi connectivity index (χ2v) is 7.32. The summed E-state index contributed by atoms with van der Waals surface area (Å²) in [6, 6.07) is 0. The first-order valence-corrected chi connectivity index (χ1v) is 8.78. The number of hydrogen-bond acceptors (Lipinski definition) is 7. The maximum atomic E-state index is 12.8. The molecule has 9 heteroatoms. The van der Waals surface area contributed by atoms with Crippen LogP contribution >= 0.6 is 0 Å². The Balaban J connectivity index is 1.78. The van der Waals surface area contributed by atoms with Crippen LogP contribution in [0, 0.1) is 13.8 Å². The lowest BCUT2D eigenvalue weighted by Gasteiger charge is -2.31. The summed E-state index contributed by atoms with van der Waals surface area (Å²) in [6.07, 6.45) is 5.84. The van der Waals surface area contributed by atoms with Crippen molar-refractivity contribution in [2.45, 2.75) is 37.7 Å². The van der Waals surface area contributed by atoms with E-state index in [1.54, 1.807) is 20.0 Å². The fourth-order valence-electron chi connectivity index (χ4n) is 2.71. The third-order valence-corrected chi connectivity index (χ3v) is 5.84. The van der Waals surface area contributed by atoms with Crippen molar-refractivity contribution in [3.8, 4) is 5.88 Å². The minimum Gasteiger partial charge on any atom is -0.472 e. The summed E-state index contributed by atoms with van der Waals surface area (Å²) in [5.74, 6) is 0.702. The van der Waals surface area contributed by atoms with Crippen LogP contribution in [0.5, 0.6) is 5.88 Å². The maximum absolute atomic E-state index is 12.8. The van der Waals surface area contributed by atoms with Crippen molar-refractivity contribution >= 4 is 10.0 Å². The monoisotopic (exact) mass is 338 g/mol. The van der Waals surface area contributed by atoms with Gasteiger partial charge in [0.05, 0.1) is 12.7 Å². The summed E-state index contributed by atoms with van der Waals surface area (Å²) in [7, 11) is -3.64. The minimum absolute atomic E-state index is 0.151. The number of aromatic nitrogens is 3. The number of ether oxygens (including phenoxy) is 1. The van der Waals surface area contributed by atoms with Gasteiger partial charge in [0.2, 0.25) is 15.9 Å². The summed E-state index contributed by atoms with van der Waals surface area (Å²) in [5, 5.41) is 3.73. The molecule has 0 saturated carbocycles. The van der Waals surface area contributed by atoms with Gasteiger partial charge in [0.15, 0.2) is 5.76 Å². The third kappa shape index (κ3) is 3.20. The molecule has 1 atom stereocenters. The number of piperidine rings is 1. The quantitative estimate of drug-likeness (QED) is 0.829. The molecule has 3 rings (SSSR count). The lowest BCUT2D eigenvalue weighted by atomic mass is 10.1. The van der Waals surface area contributed by atoms with E-state index < -0.39 is 10.0 Å². The Bertz CT molecular complexity index is 756. The average Bonchev–Trinajstić information content (AvgIpc) is 2.88. The molecule has 1 aliphatic heterocycles. The van der Waals surface area contributed by atoms with Crippen molar-refractivity contribution in [1.82, 2.24) is 19.4 Å². The van der Waals surface area contributed by atoms with Gasteiger partial charge in [0.1, 0.15) is 16.7 Å². The Morgan fingerprint density at radius 3 is 2.83 bits per heavy atom. The molecule has 1 aliphatic rings. The molecule has 1 unspecified atom stereocenters. The number of sulfonamides is 1. The molecule has 124 valence electrons. The Morgan fingerprint density at radius 2 is 2.17 bits per heavy atom. The molecule has 1 saturated heterocycles. The van der Waals surface area contributed by atoms with Crippen LogP contribution < -0.4 is 4.74 Å². The molecule has 0 aromatic carbocycles. The lowest BCUT2D eigenvalue weighted by Crippen LogP contribution is -2.44. The van der Waals surface area contributed by atoms with Gasteiger partial charge in [-0.3, -0.25) is 4.98 Å². The van der Waals surface area contributed by atoms with Crippen LogP contribution in [0.4, 0.5) is 0 Å². The summed E-state index contributed by atoms with van der Waals surface area (Å²) >= 11 is 0. The molecule has 23 heavy (non-hydrogen) atoms. The van der Waals surface area contributed by atoms with Crippen LogP contribution in [0.3, 0.4) is 0 Å². The molecule has 2 aromatic heterocycles. The van der Waals surface area contributed by atoms with E-state index in [1.807, 2.05) is 0 Å². The normalized spacial score (nSPS) is 19.7. The zero-order chi connectivity index (χ0) is 16.4. The van der Waals surface area contributed by atoms with Crippen LogP contribution in [-0.4, -0.2) is 47.0 Å². The average molecular weight is 338 g/mol. The molecule has 0 N–H and O–H groups in total. The first-order valence-electron chi connectivity index (χ1n) is 7.34. The Kier molecular flexibility index (Phi) is 4.31. The minimum atomic E-state index is -3.64. The van der Waals surface area contributed by atoms with Gasteiger partial charge in [-0.05, 0) is 26.7 Å². The van der Waals surface area contributed by atoms with Gasteiger partial charge >= 0.3 is 0 Å². The van der Waals surface area contributed by atoms with Gasteiger partial charge in [0, 0.05) is 18.9 Å². The van der Waals surface area contributed by atoms with Crippen LogP contribution in [0.25, 0.3) is 0 Å². The Labute approximate surface area is 134 Å². The molecule has 3 heterocycles. The molecule has 0 spiro atoms. The van der Waals surface area contributed by atoms with Crippen LogP contribution in [0.15, 0.2) is 28.0 Å². The topological polar surface area (TPSA) is 98.4 Å². The largest absolute Gasteiger partial charge is 0.472 e. The fraction of sp³-hybridized carbons (Fsp3) is 0.500. The summed E-state index contributed by atoms with van der Waals surface area (Å²) in [4.78, 5) is 8.15. The van der Waals surface area contributed by atoms with Crippen molar-refractivity contribution in [2.75, 3.05) is 13.1 Å². The SMILES string of the molecule is Cc1noc(C)c1S(=O)(=O)N1CCCC(Oc2cnccn2)C1. The smallest absolute Gasteiger partial charge is 0.248 e. The van der Waals surface area contributed by atoms with Gasteiger partial charge in [0.25, 0.3) is 0 Å². The highest BCUT2D eigenvalue weighted by atomic mass is 32.2. The van der Waals surface area contributed by atoms with Crippen molar-refractivity contribution in [1.29, 1.82) is 0 Å². The van der Waals surface area contributed by atoms with Gasteiger partial charge in [-0.2, -0.15) is 4.31 Å². The van der Waals surface area contributed by atoms with Crippen LogP contribution in [-0.2, 0) is 10.0 Å². The molecule has 2 aromatic rings. The van der Waals surface area contributed by atoms with E-state index in [0.29, 0.717) is 30.3 Å². The Morgan fingerprint density at radius 1 is 1.35 bits per heavy atom. The number of aryl methyl sites for hydroxylation is 2.